The van der Waals surface area contributed by atoms with Crippen molar-refractivity contribution in [1.29, 1.82) is 0 Å². The molecule has 0 bridgehead atoms. The standard InChI is InChI=1S/C9H17N3/c1-7-6-11-8(12-7)9(2,3)4-5-10/h6H,4-5,10H2,1-3H3,(H,11,12). The molecule has 0 amide bonds. The number of aromatic nitrogens is 2. The topological polar surface area (TPSA) is 54.7 Å². The first kappa shape index (κ1) is 9.26. The zero-order chi connectivity index (χ0) is 9.19. The fourth-order valence-corrected chi connectivity index (χ4v) is 1.24. The van der Waals surface area contributed by atoms with Crippen molar-refractivity contribution in [2.75, 3.05) is 6.54 Å². The minimum absolute atomic E-state index is 0.0724. The molecular weight excluding hydrogens is 150 g/mol. The van der Waals surface area contributed by atoms with Crippen molar-refractivity contribution in [3.63, 3.8) is 0 Å². The minimum atomic E-state index is 0.0724. The van der Waals surface area contributed by atoms with Crippen LogP contribution in [-0.4, -0.2) is 16.5 Å². The van der Waals surface area contributed by atoms with Crippen LogP contribution in [0.3, 0.4) is 0 Å². The van der Waals surface area contributed by atoms with E-state index in [0.717, 1.165) is 17.9 Å². The zero-order valence-corrected chi connectivity index (χ0v) is 8.02. The summed E-state index contributed by atoms with van der Waals surface area (Å²) in [5.74, 6) is 1.03. The van der Waals surface area contributed by atoms with Crippen molar-refractivity contribution in [2.45, 2.75) is 32.6 Å². The quantitative estimate of drug-likeness (QED) is 0.714. The number of hydrogen-bond donors (Lipinski definition) is 2. The van der Waals surface area contributed by atoms with Crippen LogP contribution >= 0.6 is 0 Å². The molecule has 0 aliphatic rings. The van der Waals surface area contributed by atoms with E-state index in [4.69, 9.17) is 5.73 Å². The third-order valence-corrected chi connectivity index (χ3v) is 2.11. The van der Waals surface area contributed by atoms with E-state index >= 15 is 0 Å². The van der Waals surface area contributed by atoms with Gasteiger partial charge in [-0.1, -0.05) is 13.8 Å². The van der Waals surface area contributed by atoms with Gasteiger partial charge < -0.3 is 10.7 Å². The van der Waals surface area contributed by atoms with Gasteiger partial charge in [0.05, 0.1) is 0 Å². The smallest absolute Gasteiger partial charge is 0.111 e. The molecular formula is C9H17N3. The Labute approximate surface area is 73.4 Å². The molecule has 0 aliphatic carbocycles. The molecule has 0 unspecified atom stereocenters. The van der Waals surface area contributed by atoms with E-state index in [2.05, 4.69) is 23.8 Å². The molecule has 1 aromatic heterocycles. The van der Waals surface area contributed by atoms with Crippen molar-refractivity contribution in [3.05, 3.63) is 17.7 Å². The number of nitrogens with one attached hydrogen (secondary N) is 1. The SMILES string of the molecule is Cc1cnc(C(C)(C)CCN)[nH]1. The molecule has 1 heterocycles. The predicted molar refractivity (Wildman–Crippen MR) is 50.0 cm³/mol. The second-order valence-electron chi connectivity index (χ2n) is 3.84. The van der Waals surface area contributed by atoms with Crippen molar-refractivity contribution in [1.82, 2.24) is 9.97 Å². The van der Waals surface area contributed by atoms with Crippen LogP contribution in [0, 0.1) is 6.92 Å². The second-order valence-corrected chi connectivity index (χ2v) is 3.84. The van der Waals surface area contributed by atoms with Crippen molar-refractivity contribution < 1.29 is 0 Å². The van der Waals surface area contributed by atoms with Crippen LogP contribution in [0.5, 0.6) is 0 Å². The highest BCUT2D eigenvalue weighted by Gasteiger charge is 2.22. The van der Waals surface area contributed by atoms with Gasteiger partial charge in [-0.15, -0.1) is 0 Å². The Kier molecular flexibility index (Phi) is 2.52. The molecule has 0 aromatic carbocycles. The van der Waals surface area contributed by atoms with Crippen LogP contribution < -0.4 is 5.73 Å². The maximum Gasteiger partial charge on any atom is 0.111 e. The summed E-state index contributed by atoms with van der Waals surface area (Å²) < 4.78 is 0. The Morgan fingerprint density at radius 3 is 2.67 bits per heavy atom. The van der Waals surface area contributed by atoms with Gasteiger partial charge in [-0.25, -0.2) is 4.98 Å². The van der Waals surface area contributed by atoms with Gasteiger partial charge in [-0.2, -0.15) is 0 Å². The van der Waals surface area contributed by atoms with Crippen molar-refractivity contribution in [2.24, 2.45) is 5.73 Å². The number of hydrogen-bond acceptors (Lipinski definition) is 2. The summed E-state index contributed by atoms with van der Waals surface area (Å²) in [4.78, 5) is 7.53. The maximum atomic E-state index is 5.52. The third kappa shape index (κ3) is 1.85. The lowest BCUT2D eigenvalue weighted by molar-refractivity contribution is 0.461. The van der Waals surface area contributed by atoms with Crippen LogP contribution in [0.25, 0.3) is 0 Å². The van der Waals surface area contributed by atoms with E-state index in [1.54, 1.807) is 0 Å². The predicted octanol–water partition coefficient (Wildman–Crippen LogP) is 1.34. The Morgan fingerprint density at radius 1 is 1.58 bits per heavy atom. The molecule has 68 valence electrons. The summed E-state index contributed by atoms with van der Waals surface area (Å²) in [7, 11) is 0. The van der Waals surface area contributed by atoms with Gasteiger partial charge in [-0.3, -0.25) is 0 Å². The zero-order valence-electron chi connectivity index (χ0n) is 8.02. The van der Waals surface area contributed by atoms with E-state index in [1.807, 2.05) is 13.1 Å². The summed E-state index contributed by atoms with van der Waals surface area (Å²) in [6.07, 6.45) is 2.81. The first-order chi connectivity index (χ1) is 5.56. The highest BCUT2D eigenvalue weighted by Crippen LogP contribution is 2.22. The Hall–Kier alpha value is -0.830. The third-order valence-electron chi connectivity index (χ3n) is 2.11. The van der Waals surface area contributed by atoms with Crippen molar-refractivity contribution >= 4 is 0 Å². The van der Waals surface area contributed by atoms with Gasteiger partial charge in [0.2, 0.25) is 0 Å². The summed E-state index contributed by atoms with van der Waals surface area (Å²) in [5, 5.41) is 0. The summed E-state index contributed by atoms with van der Waals surface area (Å²) in [6.45, 7) is 7.01. The van der Waals surface area contributed by atoms with Crippen LogP contribution in [-0.2, 0) is 5.41 Å². The molecule has 12 heavy (non-hydrogen) atoms. The molecule has 0 saturated carbocycles. The molecule has 0 aliphatic heterocycles. The first-order valence-corrected chi connectivity index (χ1v) is 4.28. The van der Waals surface area contributed by atoms with Gasteiger partial charge in [0.15, 0.2) is 0 Å². The fraction of sp³-hybridized carbons (Fsp3) is 0.667. The number of imidazole rings is 1. The lowest BCUT2D eigenvalue weighted by Gasteiger charge is -2.20. The summed E-state index contributed by atoms with van der Waals surface area (Å²) in [5.41, 5.74) is 6.70. The Balaban J connectivity index is 2.81. The number of H-pyrrole nitrogens is 1. The van der Waals surface area contributed by atoms with Crippen LogP contribution in [0.15, 0.2) is 6.20 Å². The molecule has 3 heteroatoms. The normalized spacial score (nSPS) is 12.0. The van der Waals surface area contributed by atoms with E-state index in [1.165, 1.54) is 0 Å². The monoisotopic (exact) mass is 167 g/mol. The van der Waals surface area contributed by atoms with Gasteiger partial charge in [0, 0.05) is 17.3 Å². The number of rotatable bonds is 3. The van der Waals surface area contributed by atoms with E-state index in [9.17, 15) is 0 Å². The lowest BCUT2D eigenvalue weighted by Crippen LogP contribution is -2.23. The maximum absolute atomic E-state index is 5.52. The molecule has 0 fully saturated rings. The highest BCUT2D eigenvalue weighted by atomic mass is 14.9. The largest absolute Gasteiger partial charge is 0.346 e. The van der Waals surface area contributed by atoms with Gasteiger partial charge in [0.1, 0.15) is 5.82 Å². The summed E-state index contributed by atoms with van der Waals surface area (Å²) >= 11 is 0. The Bertz CT molecular complexity index is 250. The van der Waals surface area contributed by atoms with Crippen molar-refractivity contribution in [3.8, 4) is 0 Å². The number of nitrogens with two attached hydrogens (primary N) is 1. The number of nitrogens with zero attached hydrogens (tertiary/aromatic N) is 1. The second kappa shape index (κ2) is 3.27. The first-order valence-electron chi connectivity index (χ1n) is 4.28. The molecule has 0 spiro atoms. The average Bonchev–Trinajstić information content (AvgIpc) is 2.36. The number of aryl methyl sites for hydroxylation is 1. The number of aromatic amines is 1. The van der Waals surface area contributed by atoms with Crippen LogP contribution in [0.4, 0.5) is 0 Å². The molecule has 1 aromatic rings. The molecule has 1 rings (SSSR count). The fourth-order valence-electron chi connectivity index (χ4n) is 1.24. The summed E-state index contributed by atoms with van der Waals surface area (Å²) in [6, 6.07) is 0. The minimum Gasteiger partial charge on any atom is -0.346 e. The molecule has 3 N–H and O–H groups in total. The van der Waals surface area contributed by atoms with E-state index in [0.29, 0.717) is 6.54 Å². The van der Waals surface area contributed by atoms with E-state index < -0.39 is 0 Å². The molecule has 0 radical (unpaired) electrons. The lowest BCUT2D eigenvalue weighted by atomic mass is 9.89. The highest BCUT2D eigenvalue weighted by molar-refractivity contribution is 5.08. The molecule has 0 atom stereocenters. The van der Waals surface area contributed by atoms with Crippen LogP contribution in [0.2, 0.25) is 0 Å². The average molecular weight is 167 g/mol. The van der Waals surface area contributed by atoms with Gasteiger partial charge in [0.25, 0.3) is 0 Å². The molecule has 3 nitrogen and oxygen atoms in total. The molecule has 0 saturated heterocycles. The van der Waals surface area contributed by atoms with Gasteiger partial charge >= 0.3 is 0 Å². The van der Waals surface area contributed by atoms with E-state index in [-0.39, 0.29) is 5.41 Å². The Morgan fingerprint density at radius 2 is 2.25 bits per heavy atom. The van der Waals surface area contributed by atoms with Gasteiger partial charge in [-0.05, 0) is 19.9 Å². The van der Waals surface area contributed by atoms with Crippen LogP contribution in [0.1, 0.15) is 31.8 Å².